The van der Waals surface area contributed by atoms with E-state index in [2.05, 4.69) is 24.3 Å². The molecule has 0 aromatic carbocycles. The van der Waals surface area contributed by atoms with Crippen molar-refractivity contribution in [1.82, 2.24) is 9.78 Å². The molecule has 0 saturated heterocycles. The van der Waals surface area contributed by atoms with Crippen molar-refractivity contribution in [1.29, 1.82) is 0 Å². The lowest BCUT2D eigenvalue weighted by atomic mass is 10.2. The van der Waals surface area contributed by atoms with Crippen LogP contribution in [0.25, 0.3) is 0 Å². The first-order chi connectivity index (χ1) is 7.63. The average molecular weight is 226 g/mol. The van der Waals surface area contributed by atoms with E-state index in [1.54, 1.807) is 11.8 Å². The first-order valence-electron chi connectivity index (χ1n) is 5.70. The molecule has 1 atom stereocenters. The predicted molar refractivity (Wildman–Crippen MR) is 66.6 cm³/mol. The third kappa shape index (κ3) is 2.66. The number of anilines is 2. The highest BCUT2D eigenvalue weighted by Gasteiger charge is 2.14. The summed E-state index contributed by atoms with van der Waals surface area (Å²) in [5.41, 5.74) is 7.72. The lowest BCUT2D eigenvalue weighted by Gasteiger charge is -2.17. The summed E-state index contributed by atoms with van der Waals surface area (Å²) in [4.78, 5) is 0. The van der Waals surface area contributed by atoms with Gasteiger partial charge in [-0.05, 0) is 12.8 Å². The Morgan fingerprint density at radius 1 is 1.50 bits per heavy atom. The second kappa shape index (κ2) is 5.75. The van der Waals surface area contributed by atoms with Crippen LogP contribution in [0.2, 0.25) is 0 Å². The number of aromatic nitrogens is 2. The number of aryl methyl sites for hydroxylation is 2. The highest BCUT2D eigenvalue weighted by molar-refractivity contribution is 5.65. The monoisotopic (exact) mass is 226 g/mol. The number of hydrogen-bond acceptors (Lipinski definition) is 4. The van der Waals surface area contributed by atoms with E-state index in [1.807, 2.05) is 7.05 Å². The fraction of sp³-hybridized carbons (Fsp3) is 0.727. The van der Waals surface area contributed by atoms with Crippen LogP contribution in [0.15, 0.2) is 0 Å². The van der Waals surface area contributed by atoms with Crippen LogP contribution in [-0.2, 0) is 18.2 Å². The normalized spacial score (nSPS) is 12.8. The standard InChI is InChI=1S/C11H22N4O/c1-5-8(7-16-4)13-11-10(12)9(6-2)14-15(11)3/h8,13H,5-7,12H2,1-4H3. The summed E-state index contributed by atoms with van der Waals surface area (Å²) in [7, 11) is 3.60. The van der Waals surface area contributed by atoms with E-state index in [9.17, 15) is 0 Å². The fourth-order valence-corrected chi connectivity index (χ4v) is 1.68. The molecule has 16 heavy (non-hydrogen) atoms. The quantitative estimate of drug-likeness (QED) is 0.769. The van der Waals surface area contributed by atoms with Gasteiger partial charge in [0.15, 0.2) is 0 Å². The number of nitrogens with one attached hydrogen (secondary N) is 1. The van der Waals surface area contributed by atoms with Crippen molar-refractivity contribution in [2.75, 3.05) is 24.8 Å². The summed E-state index contributed by atoms with van der Waals surface area (Å²) in [6.07, 6.45) is 1.84. The third-order valence-electron chi connectivity index (χ3n) is 2.70. The minimum absolute atomic E-state index is 0.271. The van der Waals surface area contributed by atoms with Gasteiger partial charge in [0.05, 0.1) is 24.0 Å². The Hall–Kier alpha value is -1.23. The largest absolute Gasteiger partial charge is 0.394 e. The van der Waals surface area contributed by atoms with Gasteiger partial charge in [0, 0.05) is 14.2 Å². The minimum Gasteiger partial charge on any atom is -0.394 e. The van der Waals surface area contributed by atoms with Crippen molar-refractivity contribution in [3.63, 3.8) is 0 Å². The molecular weight excluding hydrogens is 204 g/mol. The van der Waals surface area contributed by atoms with Gasteiger partial charge in [-0.3, -0.25) is 4.68 Å². The molecule has 92 valence electrons. The second-order valence-electron chi connectivity index (χ2n) is 3.89. The van der Waals surface area contributed by atoms with Gasteiger partial charge >= 0.3 is 0 Å². The first kappa shape index (κ1) is 12.8. The zero-order valence-electron chi connectivity index (χ0n) is 10.6. The van der Waals surface area contributed by atoms with Crippen LogP contribution in [0.4, 0.5) is 11.5 Å². The van der Waals surface area contributed by atoms with Gasteiger partial charge < -0.3 is 15.8 Å². The van der Waals surface area contributed by atoms with Gasteiger partial charge in [-0.15, -0.1) is 0 Å². The molecule has 0 amide bonds. The fourth-order valence-electron chi connectivity index (χ4n) is 1.68. The Morgan fingerprint density at radius 3 is 2.62 bits per heavy atom. The smallest absolute Gasteiger partial charge is 0.148 e. The van der Waals surface area contributed by atoms with Crippen LogP contribution in [0.3, 0.4) is 0 Å². The summed E-state index contributed by atoms with van der Waals surface area (Å²) in [5, 5.41) is 7.74. The van der Waals surface area contributed by atoms with Crippen LogP contribution < -0.4 is 11.1 Å². The summed E-state index contributed by atoms with van der Waals surface area (Å²) >= 11 is 0. The lowest BCUT2D eigenvalue weighted by molar-refractivity contribution is 0.184. The SMILES string of the molecule is CCc1nn(C)c(NC(CC)COC)c1N. The van der Waals surface area contributed by atoms with Gasteiger partial charge in [0.2, 0.25) is 0 Å². The van der Waals surface area contributed by atoms with Crippen molar-refractivity contribution in [3.8, 4) is 0 Å². The van der Waals surface area contributed by atoms with Crippen LogP contribution in [0.1, 0.15) is 26.0 Å². The topological polar surface area (TPSA) is 65.1 Å². The maximum atomic E-state index is 6.03. The third-order valence-corrected chi connectivity index (χ3v) is 2.70. The molecule has 5 nitrogen and oxygen atoms in total. The van der Waals surface area contributed by atoms with E-state index in [-0.39, 0.29) is 6.04 Å². The molecule has 5 heteroatoms. The molecule has 0 radical (unpaired) electrons. The molecular formula is C11H22N4O. The number of methoxy groups -OCH3 is 1. The first-order valence-corrected chi connectivity index (χ1v) is 5.70. The number of nitrogens with two attached hydrogens (primary N) is 1. The molecule has 0 aliphatic heterocycles. The number of rotatable bonds is 6. The highest BCUT2D eigenvalue weighted by atomic mass is 16.5. The predicted octanol–water partition coefficient (Wildman–Crippen LogP) is 1.40. The van der Waals surface area contributed by atoms with Crippen LogP contribution in [-0.4, -0.2) is 29.5 Å². The summed E-state index contributed by atoms with van der Waals surface area (Å²) < 4.78 is 6.95. The zero-order valence-corrected chi connectivity index (χ0v) is 10.6. The minimum atomic E-state index is 0.271. The highest BCUT2D eigenvalue weighted by Crippen LogP contribution is 2.23. The molecule has 0 spiro atoms. The van der Waals surface area contributed by atoms with E-state index in [4.69, 9.17) is 10.5 Å². The summed E-state index contributed by atoms with van der Waals surface area (Å²) in [5.74, 6) is 0.890. The van der Waals surface area contributed by atoms with Crippen molar-refractivity contribution >= 4 is 11.5 Å². The molecule has 0 fully saturated rings. The number of ether oxygens (including phenoxy) is 1. The van der Waals surface area contributed by atoms with E-state index < -0.39 is 0 Å². The average Bonchev–Trinajstić information content (AvgIpc) is 2.55. The molecule has 1 unspecified atom stereocenters. The van der Waals surface area contributed by atoms with Crippen LogP contribution in [0.5, 0.6) is 0 Å². The molecule has 0 bridgehead atoms. The molecule has 1 rings (SSSR count). The van der Waals surface area contributed by atoms with Crippen molar-refractivity contribution in [3.05, 3.63) is 5.69 Å². The molecule has 0 aliphatic rings. The Labute approximate surface area is 97.0 Å². The van der Waals surface area contributed by atoms with Gasteiger partial charge in [0.1, 0.15) is 5.82 Å². The Bertz CT molecular complexity index is 335. The second-order valence-corrected chi connectivity index (χ2v) is 3.89. The molecule has 3 N–H and O–H groups in total. The van der Waals surface area contributed by atoms with Crippen LogP contribution >= 0.6 is 0 Å². The van der Waals surface area contributed by atoms with Crippen molar-refractivity contribution in [2.45, 2.75) is 32.7 Å². The zero-order chi connectivity index (χ0) is 12.1. The van der Waals surface area contributed by atoms with E-state index in [0.717, 1.165) is 30.0 Å². The van der Waals surface area contributed by atoms with Gasteiger partial charge in [-0.1, -0.05) is 13.8 Å². The van der Waals surface area contributed by atoms with E-state index in [0.29, 0.717) is 6.61 Å². The van der Waals surface area contributed by atoms with Crippen molar-refractivity contribution in [2.24, 2.45) is 7.05 Å². The van der Waals surface area contributed by atoms with Crippen LogP contribution in [0, 0.1) is 0 Å². The number of nitrogens with zero attached hydrogens (tertiary/aromatic N) is 2. The molecule has 1 heterocycles. The van der Waals surface area contributed by atoms with E-state index in [1.165, 1.54) is 0 Å². The molecule has 1 aromatic heterocycles. The Balaban J connectivity index is 2.82. The molecule has 1 aromatic rings. The summed E-state index contributed by atoms with van der Waals surface area (Å²) in [6, 6.07) is 0.271. The maximum absolute atomic E-state index is 6.03. The molecule has 0 aliphatic carbocycles. The van der Waals surface area contributed by atoms with Gasteiger partial charge in [-0.2, -0.15) is 5.10 Å². The summed E-state index contributed by atoms with van der Waals surface area (Å²) in [6.45, 7) is 4.83. The van der Waals surface area contributed by atoms with Crippen molar-refractivity contribution < 1.29 is 4.74 Å². The lowest BCUT2D eigenvalue weighted by Crippen LogP contribution is -2.25. The van der Waals surface area contributed by atoms with E-state index >= 15 is 0 Å². The number of hydrogen-bond donors (Lipinski definition) is 2. The maximum Gasteiger partial charge on any atom is 0.148 e. The van der Waals surface area contributed by atoms with Gasteiger partial charge in [0.25, 0.3) is 0 Å². The Morgan fingerprint density at radius 2 is 2.19 bits per heavy atom. The molecule has 0 saturated carbocycles. The number of nitrogen functional groups attached to an aromatic ring is 1. The van der Waals surface area contributed by atoms with Gasteiger partial charge in [-0.25, -0.2) is 0 Å². The Kier molecular flexibility index (Phi) is 4.61.